The summed E-state index contributed by atoms with van der Waals surface area (Å²) < 4.78 is 6.60. The Balaban J connectivity index is 2.86. The molecule has 0 fully saturated rings. The van der Waals surface area contributed by atoms with Gasteiger partial charge in [0.05, 0.1) is 17.3 Å². The Kier molecular flexibility index (Phi) is 2.76. The second-order valence-corrected chi connectivity index (χ2v) is 5.22. The van der Waals surface area contributed by atoms with Gasteiger partial charge in [-0.05, 0) is 24.5 Å². The number of aromatic nitrogens is 1. The highest BCUT2D eigenvalue weighted by Crippen LogP contribution is 2.39. The number of rotatable bonds is 2. The maximum Gasteiger partial charge on any atom is 0.181 e. The first-order chi connectivity index (χ1) is 7.54. The van der Waals surface area contributed by atoms with Crippen molar-refractivity contribution in [2.75, 3.05) is 12.8 Å². The first-order valence-corrected chi connectivity index (χ1v) is 6.09. The van der Waals surface area contributed by atoms with E-state index in [1.165, 1.54) is 16.9 Å². The highest BCUT2D eigenvalue weighted by atomic mass is 32.1. The quantitative estimate of drug-likeness (QED) is 0.870. The summed E-state index contributed by atoms with van der Waals surface area (Å²) in [7, 11) is 1.71. The van der Waals surface area contributed by atoms with Crippen molar-refractivity contribution in [2.24, 2.45) is 0 Å². The number of hydrogen-bond donors (Lipinski definition) is 1. The van der Waals surface area contributed by atoms with Crippen molar-refractivity contribution in [1.82, 2.24) is 4.98 Å². The third-order valence-electron chi connectivity index (χ3n) is 2.67. The van der Waals surface area contributed by atoms with Gasteiger partial charge in [0, 0.05) is 5.56 Å². The van der Waals surface area contributed by atoms with E-state index in [0.717, 1.165) is 21.5 Å². The molecule has 0 radical (unpaired) electrons. The van der Waals surface area contributed by atoms with Gasteiger partial charge in [-0.25, -0.2) is 4.98 Å². The standard InChI is InChI=1S/C12H16N2OS/c1-6(2)9-8(15-4)5-7(3)10-11(9)16-12(13)14-10/h5-6H,1-4H3,(H2,13,14). The Hall–Kier alpha value is -1.29. The van der Waals surface area contributed by atoms with Crippen LogP contribution in [-0.2, 0) is 0 Å². The molecule has 2 N–H and O–H groups in total. The minimum absolute atomic E-state index is 0.401. The average molecular weight is 236 g/mol. The van der Waals surface area contributed by atoms with Gasteiger partial charge in [0.1, 0.15) is 5.75 Å². The van der Waals surface area contributed by atoms with Gasteiger partial charge in [-0.2, -0.15) is 0 Å². The molecule has 1 aromatic carbocycles. The Morgan fingerprint density at radius 3 is 2.69 bits per heavy atom. The number of nitrogen functional groups attached to an aromatic ring is 1. The van der Waals surface area contributed by atoms with Gasteiger partial charge in [0.2, 0.25) is 0 Å². The molecule has 0 spiro atoms. The third kappa shape index (κ3) is 1.63. The van der Waals surface area contributed by atoms with E-state index in [4.69, 9.17) is 10.5 Å². The average Bonchev–Trinajstić information content (AvgIpc) is 2.58. The van der Waals surface area contributed by atoms with Crippen LogP contribution in [0.2, 0.25) is 0 Å². The summed E-state index contributed by atoms with van der Waals surface area (Å²) in [6.45, 7) is 6.35. The van der Waals surface area contributed by atoms with E-state index in [-0.39, 0.29) is 0 Å². The van der Waals surface area contributed by atoms with Crippen LogP contribution in [-0.4, -0.2) is 12.1 Å². The molecule has 0 saturated heterocycles. The van der Waals surface area contributed by atoms with Crippen molar-refractivity contribution in [3.05, 3.63) is 17.2 Å². The molecule has 2 aromatic rings. The highest BCUT2D eigenvalue weighted by Gasteiger charge is 2.17. The maximum absolute atomic E-state index is 5.79. The van der Waals surface area contributed by atoms with Gasteiger partial charge in [0.15, 0.2) is 5.13 Å². The third-order valence-corrected chi connectivity index (χ3v) is 3.59. The van der Waals surface area contributed by atoms with Gasteiger partial charge in [-0.15, -0.1) is 0 Å². The normalized spacial score (nSPS) is 11.3. The molecule has 0 unspecified atom stereocenters. The molecule has 4 heteroatoms. The van der Waals surface area contributed by atoms with Crippen LogP contribution in [0.25, 0.3) is 10.2 Å². The minimum Gasteiger partial charge on any atom is -0.496 e. The lowest BCUT2D eigenvalue weighted by atomic mass is 9.99. The number of thiazole rings is 1. The van der Waals surface area contributed by atoms with Crippen LogP contribution in [0.15, 0.2) is 6.07 Å². The van der Waals surface area contributed by atoms with Crippen LogP contribution in [0.3, 0.4) is 0 Å². The van der Waals surface area contributed by atoms with E-state index in [0.29, 0.717) is 11.0 Å². The molecule has 16 heavy (non-hydrogen) atoms. The Labute approximate surface area is 99.3 Å². The summed E-state index contributed by atoms with van der Waals surface area (Å²) in [5, 5.41) is 0.619. The van der Waals surface area contributed by atoms with Crippen LogP contribution in [0.5, 0.6) is 5.75 Å². The zero-order chi connectivity index (χ0) is 11.9. The van der Waals surface area contributed by atoms with Gasteiger partial charge < -0.3 is 10.5 Å². The SMILES string of the molecule is COc1cc(C)c2nc(N)sc2c1C(C)C. The topological polar surface area (TPSA) is 48.1 Å². The van der Waals surface area contributed by atoms with E-state index in [9.17, 15) is 0 Å². The fraction of sp³-hybridized carbons (Fsp3) is 0.417. The summed E-state index contributed by atoms with van der Waals surface area (Å²) in [6.07, 6.45) is 0. The summed E-state index contributed by atoms with van der Waals surface area (Å²) in [4.78, 5) is 4.37. The molecular formula is C12H16N2OS. The van der Waals surface area contributed by atoms with Crippen molar-refractivity contribution < 1.29 is 4.74 Å². The second-order valence-electron chi connectivity index (χ2n) is 4.19. The molecule has 0 saturated carbocycles. The fourth-order valence-electron chi connectivity index (χ4n) is 1.96. The largest absolute Gasteiger partial charge is 0.496 e. The Morgan fingerprint density at radius 1 is 1.44 bits per heavy atom. The van der Waals surface area contributed by atoms with Gasteiger partial charge >= 0.3 is 0 Å². The predicted octanol–water partition coefficient (Wildman–Crippen LogP) is 3.32. The number of benzene rings is 1. The predicted molar refractivity (Wildman–Crippen MR) is 69.4 cm³/mol. The number of nitrogens with zero attached hydrogens (tertiary/aromatic N) is 1. The summed E-state index contributed by atoms with van der Waals surface area (Å²) in [5.74, 6) is 1.33. The number of methoxy groups -OCH3 is 1. The number of fused-ring (bicyclic) bond motifs is 1. The highest BCUT2D eigenvalue weighted by molar-refractivity contribution is 7.22. The first-order valence-electron chi connectivity index (χ1n) is 5.28. The molecule has 3 nitrogen and oxygen atoms in total. The molecule has 0 aliphatic rings. The lowest BCUT2D eigenvalue weighted by Crippen LogP contribution is -1.96. The van der Waals surface area contributed by atoms with Crippen LogP contribution in [0.1, 0.15) is 30.9 Å². The van der Waals surface area contributed by atoms with E-state index in [2.05, 4.69) is 18.8 Å². The Morgan fingerprint density at radius 2 is 2.12 bits per heavy atom. The van der Waals surface area contributed by atoms with Gasteiger partial charge in [-0.3, -0.25) is 0 Å². The number of aryl methyl sites for hydroxylation is 1. The molecule has 86 valence electrons. The maximum atomic E-state index is 5.79. The monoisotopic (exact) mass is 236 g/mol. The summed E-state index contributed by atoms with van der Waals surface area (Å²) in [5.41, 5.74) is 9.11. The number of anilines is 1. The molecule has 1 aromatic heterocycles. The number of hydrogen-bond acceptors (Lipinski definition) is 4. The molecule has 0 aliphatic carbocycles. The molecule has 0 amide bonds. The van der Waals surface area contributed by atoms with Crippen molar-refractivity contribution in [3.63, 3.8) is 0 Å². The van der Waals surface area contributed by atoms with E-state index < -0.39 is 0 Å². The number of nitrogens with two attached hydrogens (primary N) is 1. The fourth-order valence-corrected chi connectivity index (χ4v) is 3.05. The molecule has 0 bridgehead atoms. The summed E-state index contributed by atoms with van der Waals surface area (Å²) in [6, 6.07) is 2.04. The van der Waals surface area contributed by atoms with Crippen molar-refractivity contribution in [1.29, 1.82) is 0 Å². The zero-order valence-corrected chi connectivity index (χ0v) is 10.8. The zero-order valence-electron chi connectivity index (χ0n) is 10.00. The van der Waals surface area contributed by atoms with Crippen molar-refractivity contribution in [3.8, 4) is 5.75 Å². The Bertz CT molecular complexity index is 531. The smallest absolute Gasteiger partial charge is 0.181 e. The minimum atomic E-state index is 0.401. The summed E-state index contributed by atoms with van der Waals surface area (Å²) >= 11 is 1.54. The lowest BCUT2D eigenvalue weighted by Gasteiger charge is -2.13. The molecular weight excluding hydrogens is 220 g/mol. The van der Waals surface area contributed by atoms with E-state index in [1.54, 1.807) is 7.11 Å². The second kappa shape index (κ2) is 3.94. The van der Waals surface area contributed by atoms with Crippen molar-refractivity contribution in [2.45, 2.75) is 26.7 Å². The van der Waals surface area contributed by atoms with E-state index >= 15 is 0 Å². The molecule has 0 aliphatic heterocycles. The van der Waals surface area contributed by atoms with Crippen LogP contribution >= 0.6 is 11.3 Å². The molecule has 1 heterocycles. The molecule has 2 rings (SSSR count). The van der Waals surface area contributed by atoms with Gasteiger partial charge in [0.25, 0.3) is 0 Å². The van der Waals surface area contributed by atoms with Crippen LogP contribution in [0, 0.1) is 6.92 Å². The van der Waals surface area contributed by atoms with E-state index in [1.807, 2.05) is 13.0 Å². The first kappa shape index (κ1) is 11.2. The van der Waals surface area contributed by atoms with Crippen molar-refractivity contribution >= 4 is 26.7 Å². The molecule has 0 atom stereocenters. The van der Waals surface area contributed by atoms with Gasteiger partial charge in [-0.1, -0.05) is 25.2 Å². The van der Waals surface area contributed by atoms with Crippen LogP contribution < -0.4 is 10.5 Å². The lowest BCUT2D eigenvalue weighted by molar-refractivity contribution is 0.408. The van der Waals surface area contributed by atoms with Crippen LogP contribution in [0.4, 0.5) is 5.13 Å². The number of ether oxygens (including phenoxy) is 1.